The fourth-order valence-electron chi connectivity index (χ4n) is 3.09. The second-order valence-electron chi connectivity index (χ2n) is 5.42. The molecule has 3 fully saturated rings. The third kappa shape index (κ3) is 2.35. The number of aromatic nitrogens is 1. The van der Waals surface area contributed by atoms with E-state index in [0.29, 0.717) is 29.0 Å². The number of carbonyl (C=O) groups excluding carboxylic acids is 1. The minimum Gasteiger partial charge on any atom is -0.397 e. The number of nitrogen functional groups attached to an aromatic ring is 1. The van der Waals surface area contributed by atoms with Crippen LogP contribution in [0.3, 0.4) is 0 Å². The van der Waals surface area contributed by atoms with Crippen LogP contribution in [0.1, 0.15) is 23.2 Å². The molecule has 0 aromatic carbocycles. The lowest BCUT2D eigenvalue weighted by Gasteiger charge is -2.45. The fourth-order valence-corrected chi connectivity index (χ4v) is 3.09. The van der Waals surface area contributed by atoms with Crippen LogP contribution in [-0.4, -0.2) is 41.5 Å². The first-order valence-electron chi connectivity index (χ1n) is 6.67. The van der Waals surface area contributed by atoms with Crippen LogP contribution in [0.4, 0.5) is 11.5 Å². The quantitative estimate of drug-likeness (QED) is 0.725. The summed E-state index contributed by atoms with van der Waals surface area (Å²) in [5.74, 6) is 0.717. The molecule has 4 heterocycles. The molecule has 0 saturated carbocycles. The van der Waals surface area contributed by atoms with Crippen molar-refractivity contribution >= 4 is 17.4 Å². The Kier molecular flexibility index (Phi) is 3.02. The largest absolute Gasteiger partial charge is 0.397 e. The summed E-state index contributed by atoms with van der Waals surface area (Å²) in [5.41, 5.74) is 11.9. The molecule has 1 amide bonds. The molecule has 102 valence electrons. The zero-order chi connectivity index (χ0) is 13.4. The van der Waals surface area contributed by atoms with Gasteiger partial charge in [-0.05, 0) is 37.9 Å². The molecule has 5 N–H and O–H groups in total. The maximum Gasteiger partial charge on any atom is 0.252 e. The summed E-state index contributed by atoms with van der Waals surface area (Å²) in [7, 11) is 0. The Morgan fingerprint density at radius 3 is 2.74 bits per heavy atom. The summed E-state index contributed by atoms with van der Waals surface area (Å²) >= 11 is 0. The van der Waals surface area contributed by atoms with Gasteiger partial charge in [-0.15, -0.1) is 0 Å². The number of nitrogens with two attached hydrogens (primary N) is 2. The minimum absolute atomic E-state index is 0.344. The van der Waals surface area contributed by atoms with Crippen LogP contribution in [0.25, 0.3) is 0 Å². The molecule has 0 aliphatic carbocycles. The third-order valence-electron chi connectivity index (χ3n) is 4.15. The standard InChI is InChI=1S/C13H19N5O/c14-9-5-10(12(15)19)13(16-6-9)17-11-7-18-3-1-8(11)2-4-18/h5-6,8,11H,1-4,7,14H2,(H2,15,19)(H,16,17). The van der Waals surface area contributed by atoms with Gasteiger partial charge in [0.2, 0.25) is 0 Å². The average molecular weight is 261 g/mol. The number of nitrogens with one attached hydrogen (secondary N) is 1. The van der Waals surface area contributed by atoms with Crippen molar-refractivity contribution in [3.05, 3.63) is 17.8 Å². The summed E-state index contributed by atoms with van der Waals surface area (Å²) in [4.78, 5) is 18.1. The predicted molar refractivity (Wildman–Crippen MR) is 73.7 cm³/mol. The summed E-state index contributed by atoms with van der Waals surface area (Å²) < 4.78 is 0. The van der Waals surface area contributed by atoms with Gasteiger partial charge in [0.25, 0.3) is 5.91 Å². The lowest BCUT2D eigenvalue weighted by molar-refractivity contribution is 0.0967. The second-order valence-corrected chi connectivity index (χ2v) is 5.42. The summed E-state index contributed by atoms with van der Waals surface area (Å²) in [6, 6.07) is 1.93. The van der Waals surface area contributed by atoms with E-state index in [1.54, 1.807) is 12.3 Å². The van der Waals surface area contributed by atoms with Crippen molar-refractivity contribution in [3.63, 3.8) is 0 Å². The van der Waals surface area contributed by atoms with E-state index in [0.717, 1.165) is 6.54 Å². The Morgan fingerprint density at radius 2 is 2.16 bits per heavy atom. The molecule has 6 heteroatoms. The van der Waals surface area contributed by atoms with Crippen molar-refractivity contribution in [2.24, 2.45) is 11.7 Å². The minimum atomic E-state index is -0.497. The molecule has 1 aromatic heterocycles. The van der Waals surface area contributed by atoms with Gasteiger partial charge in [0.1, 0.15) is 5.82 Å². The average Bonchev–Trinajstić information content (AvgIpc) is 2.42. The van der Waals surface area contributed by atoms with Crippen molar-refractivity contribution in [1.82, 2.24) is 9.88 Å². The van der Waals surface area contributed by atoms with Crippen molar-refractivity contribution in [2.75, 3.05) is 30.7 Å². The topological polar surface area (TPSA) is 97.3 Å². The van der Waals surface area contributed by atoms with Crippen molar-refractivity contribution < 1.29 is 4.79 Å². The Labute approximate surface area is 112 Å². The number of anilines is 2. The Bertz CT molecular complexity index is 496. The molecule has 1 aromatic rings. The lowest BCUT2D eigenvalue weighted by atomic mass is 9.84. The highest BCUT2D eigenvalue weighted by Crippen LogP contribution is 2.30. The summed E-state index contributed by atoms with van der Waals surface area (Å²) in [5, 5.41) is 3.38. The molecule has 3 saturated heterocycles. The number of pyridine rings is 1. The van der Waals surface area contributed by atoms with E-state index in [4.69, 9.17) is 11.5 Å². The first kappa shape index (κ1) is 12.2. The van der Waals surface area contributed by atoms with Crippen LogP contribution >= 0.6 is 0 Å². The molecule has 1 unspecified atom stereocenters. The molecule has 4 rings (SSSR count). The molecule has 3 aliphatic heterocycles. The Balaban J connectivity index is 1.81. The van der Waals surface area contributed by atoms with E-state index < -0.39 is 5.91 Å². The summed E-state index contributed by atoms with van der Waals surface area (Å²) in [6.07, 6.45) is 3.97. The maximum absolute atomic E-state index is 11.5. The molecule has 2 bridgehead atoms. The van der Waals surface area contributed by atoms with Gasteiger partial charge >= 0.3 is 0 Å². The lowest BCUT2D eigenvalue weighted by Crippen LogP contribution is -2.53. The number of primary amides is 1. The first-order chi connectivity index (χ1) is 9.13. The van der Waals surface area contributed by atoms with Gasteiger partial charge in [0.15, 0.2) is 0 Å². The molecule has 6 nitrogen and oxygen atoms in total. The number of nitrogens with zero attached hydrogens (tertiary/aromatic N) is 2. The van der Waals surface area contributed by atoms with Crippen LogP contribution in [0.15, 0.2) is 12.3 Å². The number of hydrogen-bond donors (Lipinski definition) is 3. The molecule has 0 spiro atoms. The highest BCUT2D eigenvalue weighted by molar-refractivity contribution is 5.98. The zero-order valence-electron chi connectivity index (χ0n) is 10.8. The van der Waals surface area contributed by atoms with Gasteiger partial charge in [-0.2, -0.15) is 0 Å². The molecular weight excluding hydrogens is 242 g/mol. The van der Waals surface area contributed by atoms with E-state index in [1.165, 1.54) is 25.9 Å². The molecule has 3 aliphatic rings. The molecular formula is C13H19N5O. The van der Waals surface area contributed by atoms with Gasteiger partial charge < -0.3 is 21.7 Å². The SMILES string of the molecule is NC(=O)c1cc(N)cnc1NC1CN2CCC1CC2. The first-order valence-corrected chi connectivity index (χ1v) is 6.67. The molecule has 1 atom stereocenters. The predicted octanol–water partition coefficient (Wildman–Crippen LogP) is 0.269. The highest BCUT2D eigenvalue weighted by Gasteiger charge is 2.34. The third-order valence-corrected chi connectivity index (χ3v) is 4.15. The van der Waals surface area contributed by atoms with Crippen LogP contribution in [0, 0.1) is 5.92 Å². The van der Waals surface area contributed by atoms with Gasteiger partial charge in [0, 0.05) is 12.6 Å². The molecule has 19 heavy (non-hydrogen) atoms. The number of fused-ring (bicyclic) bond motifs is 3. The van der Waals surface area contributed by atoms with Gasteiger partial charge in [0.05, 0.1) is 17.4 Å². The maximum atomic E-state index is 11.5. The van der Waals surface area contributed by atoms with Crippen LogP contribution in [0.2, 0.25) is 0 Å². The van der Waals surface area contributed by atoms with Gasteiger partial charge in [-0.3, -0.25) is 4.79 Å². The fraction of sp³-hybridized carbons (Fsp3) is 0.538. The van der Waals surface area contributed by atoms with Crippen LogP contribution in [-0.2, 0) is 0 Å². The van der Waals surface area contributed by atoms with E-state index in [1.807, 2.05) is 0 Å². The van der Waals surface area contributed by atoms with E-state index in [-0.39, 0.29) is 0 Å². The van der Waals surface area contributed by atoms with E-state index in [2.05, 4.69) is 15.2 Å². The number of rotatable bonds is 3. The van der Waals surface area contributed by atoms with Crippen molar-refractivity contribution in [3.8, 4) is 0 Å². The van der Waals surface area contributed by atoms with Crippen LogP contribution in [0.5, 0.6) is 0 Å². The van der Waals surface area contributed by atoms with Crippen molar-refractivity contribution in [2.45, 2.75) is 18.9 Å². The second kappa shape index (κ2) is 4.70. The van der Waals surface area contributed by atoms with Crippen LogP contribution < -0.4 is 16.8 Å². The summed E-state index contributed by atoms with van der Waals surface area (Å²) in [6.45, 7) is 3.37. The Hall–Kier alpha value is -1.82. The number of carbonyl (C=O) groups is 1. The zero-order valence-corrected chi connectivity index (χ0v) is 10.8. The molecule has 0 radical (unpaired) electrons. The van der Waals surface area contributed by atoms with E-state index in [9.17, 15) is 4.79 Å². The number of hydrogen-bond acceptors (Lipinski definition) is 5. The van der Waals surface area contributed by atoms with Gasteiger partial charge in [-0.1, -0.05) is 0 Å². The Morgan fingerprint density at radius 1 is 1.42 bits per heavy atom. The highest BCUT2D eigenvalue weighted by atomic mass is 16.1. The monoisotopic (exact) mass is 261 g/mol. The van der Waals surface area contributed by atoms with E-state index >= 15 is 0 Å². The van der Waals surface area contributed by atoms with Gasteiger partial charge in [-0.25, -0.2) is 4.98 Å². The number of amides is 1. The smallest absolute Gasteiger partial charge is 0.252 e. The van der Waals surface area contributed by atoms with Crippen molar-refractivity contribution in [1.29, 1.82) is 0 Å². The number of piperidine rings is 3. The normalized spacial score (nSPS) is 29.2.